The molecule has 29 heavy (non-hydrogen) atoms. The van der Waals surface area contributed by atoms with E-state index >= 15 is 0 Å². The third kappa shape index (κ3) is 4.13. The molecule has 2 aromatic carbocycles. The van der Waals surface area contributed by atoms with Crippen LogP contribution in [0.15, 0.2) is 48.5 Å². The number of carbonyl (C=O) groups is 2. The number of amides is 2. The van der Waals surface area contributed by atoms with E-state index in [-0.39, 0.29) is 17.4 Å². The molecular weight excluding hydrogens is 386 g/mol. The molecule has 0 bridgehead atoms. The first-order valence-corrected chi connectivity index (χ1v) is 9.62. The van der Waals surface area contributed by atoms with Crippen LogP contribution in [-0.4, -0.2) is 18.9 Å². The second-order valence-electron chi connectivity index (χ2n) is 6.30. The summed E-state index contributed by atoms with van der Waals surface area (Å²) in [4.78, 5) is 25.8. The molecule has 3 rings (SSSR count). The molecule has 0 saturated carbocycles. The lowest BCUT2D eigenvalue weighted by atomic mass is 10.1. The normalized spacial score (nSPS) is 10.1. The Hall–Kier alpha value is -3.63. The number of ether oxygens (including phenoxy) is 1. The highest BCUT2D eigenvalue weighted by molar-refractivity contribution is 7.18. The SMILES string of the molecule is COc1ccccc1NC(=O)c1sc(NC(=O)c2ccccc2C)c(C#N)c1C. The Morgan fingerprint density at radius 2 is 1.69 bits per heavy atom. The number of anilines is 2. The molecule has 0 fully saturated rings. The van der Waals surface area contributed by atoms with E-state index in [1.54, 1.807) is 43.3 Å². The molecule has 0 aliphatic heterocycles. The van der Waals surface area contributed by atoms with Crippen molar-refractivity contribution in [3.63, 3.8) is 0 Å². The number of aryl methyl sites for hydroxylation is 1. The fourth-order valence-electron chi connectivity index (χ4n) is 2.88. The van der Waals surface area contributed by atoms with Gasteiger partial charge in [0.2, 0.25) is 0 Å². The third-order valence-corrected chi connectivity index (χ3v) is 5.64. The molecule has 1 aromatic heterocycles. The van der Waals surface area contributed by atoms with Crippen molar-refractivity contribution < 1.29 is 14.3 Å². The highest BCUT2D eigenvalue weighted by atomic mass is 32.1. The van der Waals surface area contributed by atoms with Gasteiger partial charge in [0.1, 0.15) is 16.8 Å². The number of nitrogens with one attached hydrogen (secondary N) is 2. The number of thiophene rings is 1. The van der Waals surface area contributed by atoms with Gasteiger partial charge >= 0.3 is 0 Å². The molecule has 1 heterocycles. The average molecular weight is 405 g/mol. The minimum atomic E-state index is -0.370. The topological polar surface area (TPSA) is 91.2 Å². The molecule has 0 aliphatic carbocycles. The average Bonchev–Trinajstić information content (AvgIpc) is 3.03. The Kier molecular flexibility index (Phi) is 5.96. The summed E-state index contributed by atoms with van der Waals surface area (Å²) in [5.41, 5.74) is 2.66. The van der Waals surface area contributed by atoms with Crippen molar-refractivity contribution in [2.75, 3.05) is 17.7 Å². The number of hydrogen-bond acceptors (Lipinski definition) is 5. The Labute approximate surface area is 172 Å². The zero-order valence-electron chi connectivity index (χ0n) is 16.2. The summed E-state index contributed by atoms with van der Waals surface area (Å²) in [6, 6.07) is 16.3. The third-order valence-electron chi connectivity index (χ3n) is 4.44. The summed E-state index contributed by atoms with van der Waals surface area (Å²) in [6.07, 6.45) is 0. The summed E-state index contributed by atoms with van der Waals surface area (Å²) in [6.45, 7) is 3.53. The number of para-hydroxylation sites is 2. The highest BCUT2D eigenvalue weighted by Gasteiger charge is 2.22. The van der Waals surface area contributed by atoms with Gasteiger partial charge in [0, 0.05) is 5.56 Å². The number of nitrogens with zero attached hydrogens (tertiary/aromatic N) is 1. The summed E-state index contributed by atoms with van der Waals surface area (Å²) < 4.78 is 5.25. The standard InChI is InChI=1S/C22H19N3O3S/c1-13-8-4-5-9-15(13)20(26)25-22-16(12-23)14(2)19(29-22)21(27)24-17-10-6-7-11-18(17)28-3/h4-11H,1-3H3,(H,24,27)(H,25,26). The molecule has 6 nitrogen and oxygen atoms in total. The van der Waals surface area contributed by atoms with Gasteiger partial charge in [-0.3, -0.25) is 9.59 Å². The van der Waals surface area contributed by atoms with Crippen LogP contribution in [0.2, 0.25) is 0 Å². The molecule has 0 unspecified atom stereocenters. The highest BCUT2D eigenvalue weighted by Crippen LogP contribution is 2.34. The molecule has 2 amide bonds. The van der Waals surface area contributed by atoms with Crippen molar-refractivity contribution in [3.8, 4) is 11.8 Å². The molecule has 146 valence electrons. The van der Waals surface area contributed by atoms with Gasteiger partial charge in [-0.15, -0.1) is 11.3 Å². The fourth-order valence-corrected chi connectivity index (χ4v) is 3.93. The van der Waals surface area contributed by atoms with Crippen molar-refractivity contribution in [1.82, 2.24) is 0 Å². The molecule has 2 N–H and O–H groups in total. The largest absolute Gasteiger partial charge is 0.495 e. The van der Waals surface area contributed by atoms with Crippen LogP contribution in [0.3, 0.4) is 0 Å². The van der Waals surface area contributed by atoms with Gasteiger partial charge in [-0.2, -0.15) is 5.26 Å². The summed E-state index contributed by atoms with van der Waals surface area (Å²) in [5, 5.41) is 15.5. The van der Waals surface area contributed by atoms with Gasteiger partial charge in [-0.1, -0.05) is 30.3 Å². The van der Waals surface area contributed by atoms with Crippen molar-refractivity contribution in [2.45, 2.75) is 13.8 Å². The van der Waals surface area contributed by atoms with Gasteiger partial charge in [0.05, 0.1) is 23.2 Å². The lowest BCUT2D eigenvalue weighted by molar-refractivity contribution is 0.101. The molecule has 0 spiro atoms. The van der Waals surface area contributed by atoms with E-state index in [2.05, 4.69) is 16.7 Å². The predicted molar refractivity (Wildman–Crippen MR) is 114 cm³/mol. The van der Waals surface area contributed by atoms with Crippen LogP contribution >= 0.6 is 11.3 Å². The van der Waals surface area contributed by atoms with E-state index in [4.69, 9.17) is 4.74 Å². The first kappa shape index (κ1) is 20.1. The minimum absolute atomic E-state index is 0.280. The first-order chi connectivity index (χ1) is 14.0. The van der Waals surface area contributed by atoms with Crippen LogP contribution < -0.4 is 15.4 Å². The lowest BCUT2D eigenvalue weighted by Crippen LogP contribution is -2.13. The quantitative estimate of drug-likeness (QED) is 0.641. The van der Waals surface area contributed by atoms with Gasteiger partial charge in [-0.05, 0) is 43.2 Å². The maximum absolute atomic E-state index is 12.8. The zero-order valence-corrected chi connectivity index (χ0v) is 17.0. The van der Waals surface area contributed by atoms with Crippen LogP contribution in [0.4, 0.5) is 10.7 Å². The molecule has 0 aliphatic rings. The Balaban J connectivity index is 1.89. The summed E-state index contributed by atoms with van der Waals surface area (Å²) in [5.74, 6) is -0.161. The van der Waals surface area contributed by atoms with Crippen molar-refractivity contribution in [3.05, 3.63) is 75.7 Å². The number of hydrogen-bond donors (Lipinski definition) is 2. The number of carbonyl (C=O) groups excluding carboxylic acids is 2. The maximum Gasteiger partial charge on any atom is 0.266 e. The fraction of sp³-hybridized carbons (Fsp3) is 0.136. The second kappa shape index (κ2) is 8.59. The van der Waals surface area contributed by atoms with Crippen molar-refractivity contribution >= 4 is 33.8 Å². The van der Waals surface area contributed by atoms with Gasteiger partial charge < -0.3 is 15.4 Å². The van der Waals surface area contributed by atoms with Gasteiger partial charge in [0.15, 0.2) is 0 Å². The van der Waals surface area contributed by atoms with Crippen LogP contribution in [0.1, 0.15) is 36.7 Å². The number of benzene rings is 2. The van der Waals surface area contributed by atoms with Crippen molar-refractivity contribution in [1.29, 1.82) is 5.26 Å². The Bertz CT molecular complexity index is 1130. The molecule has 0 saturated heterocycles. The Morgan fingerprint density at radius 1 is 1.00 bits per heavy atom. The molecular formula is C22H19N3O3S. The number of nitriles is 1. The minimum Gasteiger partial charge on any atom is -0.495 e. The van der Waals surface area contributed by atoms with Crippen LogP contribution in [0.25, 0.3) is 0 Å². The number of methoxy groups -OCH3 is 1. The van der Waals surface area contributed by atoms with E-state index < -0.39 is 0 Å². The van der Waals surface area contributed by atoms with E-state index in [1.807, 2.05) is 19.1 Å². The first-order valence-electron chi connectivity index (χ1n) is 8.81. The Morgan fingerprint density at radius 3 is 2.38 bits per heavy atom. The van der Waals surface area contributed by atoms with Gasteiger partial charge in [0.25, 0.3) is 11.8 Å². The van der Waals surface area contributed by atoms with Gasteiger partial charge in [-0.25, -0.2) is 0 Å². The van der Waals surface area contributed by atoms with E-state index in [0.29, 0.717) is 32.4 Å². The molecule has 0 atom stereocenters. The summed E-state index contributed by atoms with van der Waals surface area (Å²) in [7, 11) is 1.52. The number of rotatable bonds is 5. The zero-order chi connectivity index (χ0) is 21.0. The van der Waals surface area contributed by atoms with E-state index in [9.17, 15) is 14.9 Å². The monoisotopic (exact) mass is 405 g/mol. The summed E-state index contributed by atoms with van der Waals surface area (Å²) >= 11 is 1.07. The van der Waals surface area contributed by atoms with Crippen LogP contribution in [-0.2, 0) is 0 Å². The van der Waals surface area contributed by atoms with E-state index in [0.717, 1.165) is 16.9 Å². The molecule has 0 radical (unpaired) electrons. The van der Waals surface area contributed by atoms with E-state index in [1.165, 1.54) is 7.11 Å². The predicted octanol–water partition coefficient (Wildman–Crippen LogP) is 4.75. The smallest absolute Gasteiger partial charge is 0.266 e. The molecule has 7 heteroatoms. The van der Waals surface area contributed by atoms with Crippen LogP contribution in [0, 0.1) is 25.2 Å². The lowest BCUT2D eigenvalue weighted by Gasteiger charge is -2.09. The van der Waals surface area contributed by atoms with Crippen molar-refractivity contribution in [2.24, 2.45) is 0 Å². The van der Waals surface area contributed by atoms with Crippen LogP contribution in [0.5, 0.6) is 5.75 Å². The second-order valence-corrected chi connectivity index (χ2v) is 7.32. The maximum atomic E-state index is 12.8. The molecule has 3 aromatic rings.